The zero-order valence-corrected chi connectivity index (χ0v) is 46.5. The summed E-state index contributed by atoms with van der Waals surface area (Å²) in [5.41, 5.74) is 3.57. The van der Waals surface area contributed by atoms with Gasteiger partial charge in [-0.05, 0) is 93.3 Å². The van der Waals surface area contributed by atoms with Crippen molar-refractivity contribution in [3.63, 3.8) is 0 Å². The smallest absolute Gasteiger partial charge is 0.0267 e. The van der Waals surface area contributed by atoms with Crippen LogP contribution in [-0.4, -0.2) is 22.0 Å². The van der Waals surface area contributed by atoms with E-state index in [1.54, 1.807) is 89.4 Å². The minimum absolute atomic E-state index is 0. The Morgan fingerprint density at radius 2 is 0.395 bits per heavy atom. The summed E-state index contributed by atoms with van der Waals surface area (Å²) in [6.07, 6.45) is 41.1. The fourth-order valence-corrected chi connectivity index (χ4v) is 10.9. The molecule has 0 bridgehead atoms. The average Bonchev–Trinajstić information content (AvgIpc) is 3.03. The number of hydrogen-bond acceptors (Lipinski definition) is 1. The van der Waals surface area contributed by atoms with Gasteiger partial charge in [-0.25, -0.2) is 0 Å². The molecule has 0 spiro atoms. The molecule has 0 unspecified atom stereocenters. The Morgan fingerprint density at radius 3 is 0.500 bits per heavy atom. The molecule has 1 heterocycles. The normalized spacial score (nSPS) is 23.6. The van der Waals surface area contributed by atoms with Gasteiger partial charge in [0.15, 0.2) is 0 Å². The summed E-state index contributed by atoms with van der Waals surface area (Å²) in [5.74, 6) is 0. The van der Waals surface area contributed by atoms with Crippen LogP contribution in [-0.2, 0) is 20.1 Å². The second-order valence-corrected chi connectivity index (χ2v) is 30.8. The molecule has 0 amide bonds. The predicted molar refractivity (Wildman–Crippen MR) is 230 cm³/mol. The molecule has 1 aromatic rings. The number of aromatic nitrogens is 1. The molecule has 0 atom stereocenters. The van der Waals surface area contributed by atoms with E-state index < -0.39 is 46.9 Å². The average molecular weight is 1530 g/mol. The SMILES string of the molecule is C1=C\CC/C=C\CC/1.C1CCC(P(C2CCCCC2)C2CCCCC2)CC1.F[P-](F)(F)(F)(F)F.F[P-](F)(F)(F)(F)F.F[P-](F)(F)(F)(F)F.F[P-](F)(F)(F)(F)F.F[P-](F)(F)(F)(F)F.F[P-](F)(F)(F)(F)F.[Ir].c1ccncc1. The number of nitrogens with zero attached hydrogens (tertiary/aromatic N) is 1. The molecule has 3 saturated carbocycles. The van der Waals surface area contributed by atoms with Gasteiger partial charge >= 0.3 is 198 Å². The number of pyridine rings is 1. The van der Waals surface area contributed by atoms with Crippen LogP contribution in [0.25, 0.3) is 0 Å². The van der Waals surface area contributed by atoms with Crippen molar-refractivity contribution in [1.29, 1.82) is 0 Å². The van der Waals surface area contributed by atoms with Crippen LogP contribution in [0.3, 0.4) is 0 Å². The second-order valence-electron chi connectivity index (χ2n) is 16.2. The molecule has 481 valence electrons. The van der Waals surface area contributed by atoms with Gasteiger partial charge in [0.1, 0.15) is 0 Å². The molecule has 76 heavy (non-hydrogen) atoms. The van der Waals surface area contributed by atoms with Crippen molar-refractivity contribution in [3.05, 3.63) is 54.9 Å². The van der Waals surface area contributed by atoms with Gasteiger partial charge in [-0.2, -0.15) is 0 Å². The standard InChI is InChI=1S/C18H33P.C8H12.C5H5N.6F6P.Ir/c1-4-10-16(11-5-1)19(17-12-6-2-7-13-17)18-14-8-3-9-15-18;1-2-4-6-8-7-5-3-1;1-2-4-6-5-3-1;6*1-7(2,3,4,5)6;/h16-18H,1-15H2;1-2,7-8H,3-6H2;1-5H;;;;;;;/q;;;6*-1;/b;2-1-,8-7-;;;;;;;;. The van der Waals surface area contributed by atoms with Crippen molar-refractivity contribution < 1.29 is 171 Å². The third kappa shape index (κ3) is 158. The summed E-state index contributed by atoms with van der Waals surface area (Å²) in [6.45, 7) is 0. The maximum absolute atomic E-state index is 10.7. The molecular weight excluding hydrogens is 1480 g/mol. The van der Waals surface area contributed by atoms with Crippen LogP contribution in [0.1, 0.15) is 122 Å². The van der Waals surface area contributed by atoms with Gasteiger partial charge in [-0.1, -0.05) is 96.1 Å². The summed E-state index contributed by atoms with van der Waals surface area (Å²) >= 11 is 0. The van der Waals surface area contributed by atoms with Gasteiger partial charge < -0.3 is 0 Å². The molecule has 0 aromatic carbocycles. The third-order valence-electron chi connectivity index (χ3n) is 7.89. The molecule has 4 aliphatic carbocycles. The summed E-state index contributed by atoms with van der Waals surface area (Å²) in [6, 6.07) is 5.72. The van der Waals surface area contributed by atoms with Crippen LogP contribution in [0.4, 0.5) is 151 Å². The van der Waals surface area contributed by atoms with Crippen LogP contribution < -0.4 is 0 Å². The molecule has 1 aromatic heterocycles. The molecule has 3 fully saturated rings. The van der Waals surface area contributed by atoms with E-state index in [2.05, 4.69) is 29.3 Å². The number of rotatable bonds is 3. The van der Waals surface area contributed by atoms with Gasteiger partial charge in [0.05, 0.1) is 0 Å². The Bertz CT molecular complexity index is 1500. The Hall–Kier alpha value is -0.231. The van der Waals surface area contributed by atoms with Gasteiger partial charge in [0.2, 0.25) is 0 Å². The fourth-order valence-electron chi connectivity index (χ4n) is 6.20. The third-order valence-corrected chi connectivity index (χ3v) is 12.0. The second kappa shape index (κ2) is 23.8. The zero-order chi connectivity index (χ0) is 61.3. The first kappa shape index (κ1) is 84.6. The van der Waals surface area contributed by atoms with Crippen LogP contribution in [0, 0.1) is 0 Å². The van der Waals surface area contributed by atoms with Crippen LogP contribution >= 0.6 is 54.8 Å². The monoisotopic (exact) mass is 1530 g/mol. The first-order chi connectivity index (χ1) is 31.1. The van der Waals surface area contributed by atoms with Gasteiger partial charge in [-0.3, -0.25) is 4.98 Å². The van der Waals surface area contributed by atoms with Crippen LogP contribution in [0.2, 0.25) is 0 Å². The largest absolute Gasteiger partial charge is 0.265 e. The number of allylic oxidation sites excluding steroid dienone is 4. The predicted octanol–water partition coefficient (Wildman–Crippen LogP) is 30.5. The van der Waals surface area contributed by atoms with E-state index in [4.69, 9.17) is 0 Å². The fraction of sp³-hybridized carbons (Fsp3) is 0.710. The minimum Gasteiger partial charge on any atom is -0.265 e. The molecule has 0 aliphatic heterocycles. The van der Waals surface area contributed by atoms with Crippen molar-refractivity contribution in [3.8, 4) is 0 Å². The van der Waals surface area contributed by atoms with Gasteiger partial charge in [-0.15, -0.1) is 0 Å². The van der Waals surface area contributed by atoms with Gasteiger partial charge in [0, 0.05) is 32.5 Å². The maximum Gasteiger partial charge on any atom is 0.0267 e. The quantitative estimate of drug-likeness (QED) is 0.167. The molecule has 4 aliphatic rings. The molecule has 0 N–H and O–H groups in total. The molecule has 1 radical (unpaired) electrons. The Balaban J connectivity index is -0.000000259. The minimum atomic E-state index is -10.7. The summed E-state index contributed by atoms with van der Waals surface area (Å²) in [4.78, 5) is 3.78. The number of halogens is 36. The van der Waals surface area contributed by atoms with E-state index >= 15 is 0 Å². The summed E-state index contributed by atoms with van der Waals surface area (Å²) < 4.78 is 355. The van der Waals surface area contributed by atoms with E-state index in [-0.39, 0.29) is 20.1 Å². The van der Waals surface area contributed by atoms with E-state index in [1.165, 1.54) is 61.9 Å². The van der Waals surface area contributed by atoms with E-state index in [9.17, 15) is 151 Å². The zero-order valence-electron chi connectivity index (χ0n) is 37.9. The van der Waals surface area contributed by atoms with Crippen LogP contribution in [0.15, 0.2) is 54.9 Å². The van der Waals surface area contributed by atoms with E-state index in [1.807, 2.05) is 18.2 Å². The molecular formula is C31H50F36IrNP7-6. The molecule has 1 nitrogen and oxygen atoms in total. The number of hydrogen-bond donors (Lipinski definition) is 0. The first-order valence-electron chi connectivity index (χ1n) is 20.5. The van der Waals surface area contributed by atoms with Crippen molar-refractivity contribution in [1.82, 2.24) is 4.98 Å². The van der Waals surface area contributed by atoms with Gasteiger partial charge in [0.25, 0.3) is 0 Å². The topological polar surface area (TPSA) is 12.9 Å². The molecule has 5 rings (SSSR count). The first-order valence-corrected chi connectivity index (χ1v) is 34.2. The van der Waals surface area contributed by atoms with Crippen molar-refractivity contribution >= 4 is 54.8 Å². The Labute approximate surface area is 424 Å². The summed E-state index contributed by atoms with van der Waals surface area (Å²) in [7, 11) is -63.6. The van der Waals surface area contributed by atoms with Crippen molar-refractivity contribution in [2.45, 2.75) is 139 Å². The maximum atomic E-state index is 9.87. The van der Waals surface area contributed by atoms with Crippen molar-refractivity contribution in [2.75, 3.05) is 0 Å². The van der Waals surface area contributed by atoms with Crippen molar-refractivity contribution in [2.24, 2.45) is 0 Å². The molecule has 0 saturated heterocycles. The van der Waals surface area contributed by atoms with E-state index in [0.717, 1.165) is 0 Å². The Morgan fingerprint density at radius 1 is 0.250 bits per heavy atom. The summed E-state index contributed by atoms with van der Waals surface area (Å²) in [5, 5.41) is 0. The molecule has 45 heteroatoms. The van der Waals surface area contributed by atoms with Crippen LogP contribution in [0.5, 0.6) is 0 Å². The van der Waals surface area contributed by atoms with E-state index in [0.29, 0.717) is 7.92 Å². The Kier molecular flexibility index (Phi) is 26.5.